The van der Waals surface area contributed by atoms with Gasteiger partial charge in [-0.1, -0.05) is 6.42 Å². The minimum atomic E-state index is -0.473. The van der Waals surface area contributed by atoms with E-state index in [1.807, 2.05) is 26.0 Å². The van der Waals surface area contributed by atoms with Crippen LogP contribution < -0.4 is 5.32 Å². The van der Waals surface area contributed by atoms with Crippen LogP contribution in [0, 0.1) is 6.92 Å². The summed E-state index contributed by atoms with van der Waals surface area (Å²) >= 11 is 0. The standard InChI is InChI=1S/C22H27NO4/c1-13-11-12-18(26-13)21-19(22(25)27-15-7-4-3-5-8-15)14(2)23-16-9-6-10-17(24)20(16)21/h11-12,15,21,23H,3-10H2,1-2H3/t21-/m0/s1. The van der Waals surface area contributed by atoms with Crippen molar-refractivity contribution in [1.82, 2.24) is 5.32 Å². The van der Waals surface area contributed by atoms with Crippen molar-refractivity contribution in [3.05, 3.63) is 46.2 Å². The summed E-state index contributed by atoms with van der Waals surface area (Å²) in [5.74, 6) is 0.714. The van der Waals surface area contributed by atoms with E-state index >= 15 is 0 Å². The molecule has 5 nitrogen and oxygen atoms in total. The molecular formula is C22H27NO4. The van der Waals surface area contributed by atoms with Gasteiger partial charge in [-0.3, -0.25) is 4.79 Å². The highest BCUT2D eigenvalue weighted by Crippen LogP contribution is 2.43. The Labute approximate surface area is 159 Å². The molecule has 0 bridgehead atoms. The van der Waals surface area contributed by atoms with Gasteiger partial charge >= 0.3 is 5.97 Å². The lowest BCUT2D eigenvalue weighted by molar-refractivity contribution is -0.146. The summed E-state index contributed by atoms with van der Waals surface area (Å²) in [4.78, 5) is 25.9. The number of nitrogens with one attached hydrogen (secondary N) is 1. The molecule has 27 heavy (non-hydrogen) atoms. The number of allylic oxidation sites excluding steroid dienone is 3. The fourth-order valence-corrected chi connectivity index (χ4v) is 4.54. The zero-order chi connectivity index (χ0) is 19.0. The summed E-state index contributed by atoms with van der Waals surface area (Å²) in [6.07, 6.45) is 7.39. The minimum absolute atomic E-state index is 0.0250. The number of hydrogen-bond acceptors (Lipinski definition) is 5. The zero-order valence-electron chi connectivity index (χ0n) is 16.1. The molecule has 144 valence electrons. The van der Waals surface area contributed by atoms with E-state index in [-0.39, 0.29) is 17.9 Å². The number of hydrogen-bond donors (Lipinski definition) is 1. The number of carbonyl (C=O) groups is 2. The average molecular weight is 369 g/mol. The molecule has 1 aromatic rings. The second-order valence-electron chi connectivity index (χ2n) is 7.88. The van der Waals surface area contributed by atoms with Gasteiger partial charge in [0.1, 0.15) is 17.6 Å². The minimum Gasteiger partial charge on any atom is -0.465 e. The fourth-order valence-electron chi connectivity index (χ4n) is 4.54. The highest BCUT2D eigenvalue weighted by Gasteiger charge is 2.41. The monoisotopic (exact) mass is 369 g/mol. The van der Waals surface area contributed by atoms with E-state index in [1.54, 1.807) is 0 Å². The Bertz CT molecular complexity index is 823. The predicted octanol–water partition coefficient (Wildman–Crippen LogP) is 4.43. The van der Waals surface area contributed by atoms with E-state index in [4.69, 9.17) is 9.15 Å². The maximum Gasteiger partial charge on any atom is 0.337 e. The number of esters is 1. The molecule has 1 atom stereocenters. The van der Waals surface area contributed by atoms with Crippen molar-refractivity contribution >= 4 is 11.8 Å². The van der Waals surface area contributed by atoms with Crippen molar-refractivity contribution in [2.45, 2.75) is 77.2 Å². The first-order chi connectivity index (χ1) is 13.0. The summed E-state index contributed by atoms with van der Waals surface area (Å²) in [6, 6.07) is 3.75. The van der Waals surface area contributed by atoms with Gasteiger partial charge in [0, 0.05) is 23.4 Å². The molecule has 0 spiro atoms. The molecule has 0 aromatic carbocycles. The third kappa shape index (κ3) is 3.47. The SMILES string of the molecule is CC1=C(C(=O)OC2CCCCC2)[C@H](c2ccc(C)o2)C2=C(CCCC2=O)N1. The summed E-state index contributed by atoms with van der Waals surface area (Å²) in [5, 5.41) is 3.32. The lowest BCUT2D eigenvalue weighted by Gasteiger charge is -2.33. The van der Waals surface area contributed by atoms with Gasteiger partial charge in [-0.25, -0.2) is 4.79 Å². The van der Waals surface area contributed by atoms with Gasteiger partial charge in [0.15, 0.2) is 5.78 Å². The molecule has 0 radical (unpaired) electrons. The quantitative estimate of drug-likeness (QED) is 0.798. The molecule has 1 saturated carbocycles. The highest BCUT2D eigenvalue weighted by molar-refractivity contribution is 6.03. The molecule has 0 amide bonds. The highest BCUT2D eigenvalue weighted by atomic mass is 16.5. The first-order valence-corrected chi connectivity index (χ1v) is 10.1. The smallest absolute Gasteiger partial charge is 0.337 e. The average Bonchev–Trinajstić information content (AvgIpc) is 3.07. The molecule has 2 aliphatic carbocycles. The van der Waals surface area contributed by atoms with Crippen LogP contribution in [0.25, 0.3) is 0 Å². The summed E-state index contributed by atoms with van der Waals surface area (Å²) in [6.45, 7) is 3.77. The van der Waals surface area contributed by atoms with Gasteiger partial charge in [-0.15, -0.1) is 0 Å². The van der Waals surface area contributed by atoms with Crippen LogP contribution in [0.3, 0.4) is 0 Å². The first kappa shape index (κ1) is 18.1. The number of carbonyl (C=O) groups excluding carboxylic acids is 2. The van der Waals surface area contributed by atoms with E-state index in [1.165, 1.54) is 6.42 Å². The van der Waals surface area contributed by atoms with Crippen molar-refractivity contribution < 1.29 is 18.7 Å². The second-order valence-corrected chi connectivity index (χ2v) is 7.88. The zero-order valence-corrected chi connectivity index (χ0v) is 16.1. The molecule has 1 aromatic heterocycles. The Balaban J connectivity index is 1.71. The Morgan fingerprint density at radius 2 is 1.89 bits per heavy atom. The summed E-state index contributed by atoms with van der Waals surface area (Å²) in [5.41, 5.74) is 2.89. The van der Waals surface area contributed by atoms with E-state index < -0.39 is 5.92 Å². The molecule has 5 heteroatoms. The predicted molar refractivity (Wildman–Crippen MR) is 101 cm³/mol. The second kappa shape index (κ2) is 7.37. The summed E-state index contributed by atoms with van der Waals surface area (Å²) in [7, 11) is 0. The number of Topliss-reactive ketones (excluding diaryl/α,β-unsaturated/α-hetero) is 1. The number of furan rings is 1. The van der Waals surface area contributed by atoms with Crippen molar-refractivity contribution in [2.24, 2.45) is 0 Å². The molecule has 2 heterocycles. The molecular weight excluding hydrogens is 342 g/mol. The summed E-state index contributed by atoms with van der Waals surface area (Å²) < 4.78 is 11.7. The molecule has 1 fully saturated rings. The van der Waals surface area contributed by atoms with Crippen LogP contribution in [0.5, 0.6) is 0 Å². The Kier molecular flexibility index (Phi) is 4.94. The maximum absolute atomic E-state index is 13.2. The van der Waals surface area contributed by atoms with Crippen molar-refractivity contribution in [3.8, 4) is 0 Å². The van der Waals surface area contributed by atoms with E-state index in [2.05, 4.69) is 5.32 Å². The van der Waals surface area contributed by atoms with Crippen LogP contribution in [0.1, 0.15) is 75.7 Å². The number of ketones is 1. The van der Waals surface area contributed by atoms with Gasteiger partial charge < -0.3 is 14.5 Å². The third-order valence-electron chi connectivity index (χ3n) is 5.87. The number of dihydropyridines is 1. The Morgan fingerprint density at radius 1 is 1.11 bits per heavy atom. The number of ether oxygens (including phenoxy) is 1. The van der Waals surface area contributed by atoms with Crippen molar-refractivity contribution in [2.75, 3.05) is 0 Å². The van der Waals surface area contributed by atoms with Crippen LogP contribution >= 0.6 is 0 Å². The molecule has 0 saturated heterocycles. The van der Waals surface area contributed by atoms with Gasteiger partial charge in [0.2, 0.25) is 0 Å². The van der Waals surface area contributed by atoms with Crippen LogP contribution in [0.15, 0.2) is 39.1 Å². The first-order valence-electron chi connectivity index (χ1n) is 10.1. The Hall–Kier alpha value is -2.30. The fraction of sp³-hybridized carbons (Fsp3) is 0.545. The molecule has 4 rings (SSSR count). The Morgan fingerprint density at radius 3 is 2.59 bits per heavy atom. The molecule has 1 aliphatic heterocycles. The number of aryl methyl sites for hydroxylation is 1. The van der Waals surface area contributed by atoms with E-state index in [0.717, 1.165) is 55.7 Å². The molecule has 1 N–H and O–H groups in total. The lowest BCUT2D eigenvalue weighted by Crippen LogP contribution is -2.35. The topological polar surface area (TPSA) is 68.5 Å². The molecule has 3 aliphatic rings. The van der Waals surface area contributed by atoms with Crippen LogP contribution in [-0.4, -0.2) is 17.9 Å². The van der Waals surface area contributed by atoms with Gasteiger partial charge in [0.25, 0.3) is 0 Å². The van der Waals surface area contributed by atoms with Crippen LogP contribution in [-0.2, 0) is 14.3 Å². The lowest BCUT2D eigenvalue weighted by atomic mass is 9.77. The van der Waals surface area contributed by atoms with Crippen LogP contribution in [0.4, 0.5) is 0 Å². The van der Waals surface area contributed by atoms with Crippen molar-refractivity contribution in [1.29, 1.82) is 0 Å². The largest absolute Gasteiger partial charge is 0.465 e. The van der Waals surface area contributed by atoms with Gasteiger partial charge in [-0.2, -0.15) is 0 Å². The van der Waals surface area contributed by atoms with E-state index in [9.17, 15) is 9.59 Å². The van der Waals surface area contributed by atoms with Gasteiger partial charge in [-0.05, 0) is 64.5 Å². The maximum atomic E-state index is 13.2. The van der Waals surface area contributed by atoms with E-state index in [0.29, 0.717) is 23.3 Å². The van der Waals surface area contributed by atoms with Gasteiger partial charge in [0.05, 0.1) is 11.5 Å². The normalized spacial score (nSPS) is 23.9. The van der Waals surface area contributed by atoms with Crippen LogP contribution in [0.2, 0.25) is 0 Å². The molecule has 0 unspecified atom stereocenters. The third-order valence-corrected chi connectivity index (χ3v) is 5.87. The number of rotatable bonds is 3. The van der Waals surface area contributed by atoms with Crippen molar-refractivity contribution in [3.63, 3.8) is 0 Å².